The lowest BCUT2D eigenvalue weighted by atomic mass is 9.83. The van der Waals surface area contributed by atoms with Crippen molar-refractivity contribution >= 4 is 55.2 Å². The van der Waals surface area contributed by atoms with E-state index in [0.29, 0.717) is 46.4 Å². The number of benzene rings is 4. The van der Waals surface area contributed by atoms with Gasteiger partial charge in [0.25, 0.3) is 0 Å². The minimum atomic E-state index is -1.73. The number of halogens is 5. The second-order valence-electron chi connectivity index (χ2n) is 21.5. The van der Waals surface area contributed by atoms with Gasteiger partial charge in [-0.2, -0.15) is 0 Å². The summed E-state index contributed by atoms with van der Waals surface area (Å²) in [5.41, 5.74) is 7.27. The molecule has 6 atom stereocenters. The van der Waals surface area contributed by atoms with Crippen LogP contribution in [0.3, 0.4) is 0 Å². The maximum Gasteiger partial charge on any atom is 0.489 e. The van der Waals surface area contributed by atoms with Gasteiger partial charge in [-0.05, 0) is 159 Å². The monoisotopic (exact) mass is 1290 g/mol. The average molecular weight is 1290 g/mol. The molecule has 8 rings (SSSR count). The van der Waals surface area contributed by atoms with Crippen LogP contribution in [0.4, 0.5) is 17.6 Å². The molecule has 0 bridgehead atoms. The van der Waals surface area contributed by atoms with Crippen molar-refractivity contribution in [2.75, 3.05) is 26.3 Å². The van der Waals surface area contributed by atoms with Crippen molar-refractivity contribution in [3.63, 3.8) is 0 Å². The minimum absolute atomic E-state index is 0. The number of carbonyl (C=O) groups is 2. The van der Waals surface area contributed by atoms with Gasteiger partial charge < -0.3 is 60.2 Å². The van der Waals surface area contributed by atoms with Crippen molar-refractivity contribution < 1.29 is 56.9 Å². The first-order chi connectivity index (χ1) is 37.9. The Balaban J connectivity index is 0.000000334. The van der Waals surface area contributed by atoms with Crippen LogP contribution in [0.15, 0.2) is 110 Å². The molecular formula is C62H88BF4IN6O8Si. The van der Waals surface area contributed by atoms with Gasteiger partial charge in [-0.15, -0.1) is 0 Å². The third-order valence-corrected chi connectivity index (χ3v) is 22.2. The third-order valence-electron chi connectivity index (χ3n) is 14.8. The predicted molar refractivity (Wildman–Crippen MR) is 335 cm³/mol. The molecule has 4 heterocycles. The van der Waals surface area contributed by atoms with Crippen molar-refractivity contribution in [2.24, 2.45) is 0 Å². The number of aromatic amines is 1. The van der Waals surface area contributed by atoms with Crippen LogP contribution in [0, 0.1) is 26.8 Å². The number of aliphatic hydroxyl groups is 2. The van der Waals surface area contributed by atoms with Gasteiger partial charge in [0.15, 0.2) is 8.24 Å². The average Bonchev–Trinajstić information content (AvgIpc) is 4.13. The van der Waals surface area contributed by atoms with E-state index in [9.17, 15) is 47.4 Å². The van der Waals surface area contributed by atoms with E-state index in [1.165, 1.54) is 38.1 Å². The molecule has 21 heteroatoms. The molecule has 0 fully saturated rings. The predicted octanol–water partition coefficient (Wildman–Crippen LogP) is 10.7. The molecule has 2 amide bonds. The first-order valence-corrected chi connectivity index (χ1v) is 30.3. The van der Waals surface area contributed by atoms with E-state index in [0.717, 1.165) is 62.3 Å². The van der Waals surface area contributed by atoms with E-state index >= 15 is 0 Å². The lowest BCUT2D eigenvalue weighted by molar-refractivity contribution is -0.121. The number of carbonyl (C=O) groups excluding carboxylic acids is 2. The first kappa shape index (κ1) is 71.7. The molecule has 0 radical (unpaired) electrons. The molecule has 0 unspecified atom stereocenters. The summed E-state index contributed by atoms with van der Waals surface area (Å²) in [6, 6.07) is 20.7. The lowest BCUT2D eigenvalue weighted by Gasteiger charge is -2.44. The number of hydrogen-bond donors (Lipinski definition) is 9. The van der Waals surface area contributed by atoms with E-state index < -0.39 is 62.9 Å². The molecule has 83 heavy (non-hydrogen) atoms. The van der Waals surface area contributed by atoms with Crippen molar-refractivity contribution in [3.8, 4) is 22.6 Å². The summed E-state index contributed by atoms with van der Waals surface area (Å²) in [7, 11) is -3.11. The SMILES string of the molecule is C.C.C.CC(=O)N[C@@H](Cc1cc(F)cc(F)c1)[C@H](O)CN[C@H]1CCOc2ccc(-c3cc[nH]c3)cc21.CC(=O)N[C@@H](Cc1cc(F)cc(F)c1)[C@H](O)CN[C@H]1CCOc2ccc(I)cc21.CC(C)[Si](C(C)C)(C(C)C)n1ccc(B(O)O)c1. The zero-order valence-electron chi connectivity index (χ0n) is 46.6. The van der Waals surface area contributed by atoms with Gasteiger partial charge in [-0.1, -0.05) is 69.9 Å². The molecule has 14 nitrogen and oxygen atoms in total. The fourth-order valence-electron chi connectivity index (χ4n) is 11.4. The summed E-state index contributed by atoms with van der Waals surface area (Å²) in [5, 5.41) is 52.2. The highest BCUT2D eigenvalue weighted by molar-refractivity contribution is 14.1. The number of amides is 2. The highest BCUT2D eigenvalue weighted by Crippen LogP contribution is 2.42. The maximum absolute atomic E-state index is 13.6. The Morgan fingerprint density at radius 3 is 1.51 bits per heavy atom. The van der Waals surface area contributed by atoms with E-state index in [-0.39, 0.29) is 72.1 Å². The van der Waals surface area contributed by atoms with Gasteiger partial charge in [0.2, 0.25) is 11.8 Å². The third kappa shape index (κ3) is 19.8. The lowest BCUT2D eigenvalue weighted by Crippen LogP contribution is -2.51. The molecular weight excluding hydrogens is 1200 g/mol. The van der Waals surface area contributed by atoms with Crippen LogP contribution in [-0.2, 0) is 22.4 Å². The fourth-order valence-corrected chi connectivity index (χ4v) is 18.4. The topological polar surface area (TPSA) is 202 Å². The van der Waals surface area contributed by atoms with E-state index in [4.69, 9.17) is 9.47 Å². The van der Waals surface area contributed by atoms with Crippen molar-refractivity contribution in [3.05, 3.63) is 159 Å². The standard InChI is InChI=1S/C25H27F2N3O3.C21H23F2IN2O3.C13H26BNO2Si.3CH4/c1-15(31)30-23(10-16-8-19(26)12-20(27)9-16)24(32)14-29-22-5-7-33-25-3-2-17(11-21(22)25)18-4-6-28-13-18;1-12(27)26-19(8-13-6-14(22)9-15(23)7-13)20(28)11-25-18-4-5-29-21-3-2-16(24)10-17(18)21;1-10(2)18(11(3)4,12(5)6)15-8-7-13(9-15)14(16)17;;;/h2-4,6,8-9,11-13,22-24,28-29,32H,5,7,10,14H2,1H3,(H,30,31);2-3,6-7,9-10,18-20,25,28H,4-5,8,11H2,1H3,(H,26,27);7-12,16-17H,1-6H3;3*1H4/t22-,23-,24+;18-,19-,20+;;;;/m00..../s1. The Kier molecular flexibility index (Phi) is 28.7. The van der Waals surface area contributed by atoms with Crippen LogP contribution in [0.5, 0.6) is 11.5 Å². The van der Waals surface area contributed by atoms with Crippen LogP contribution >= 0.6 is 22.6 Å². The second kappa shape index (κ2) is 33.2. The van der Waals surface area contributed by atoms with Gasteiger partial charge in [-0.25, -0.2) is 17.6 Å². The number of aliphatic hydroxyl groups excluding tert-OH is 2. The molecule has 9 N–H and O–H groups in total. The van der Waals surface area contributed by atoms with Crippen molar-refractivity contribution in [1.29, 1.82) is 0 Å². The van der Waals surface area contributed by atoms with Gasteiger partial charge in [0, 0.05) is 91.1 Å². The van der Waals surface area contributed by atoms with E-state index in [2.05, 4.69) is 101 Å². The van der Waals surface area contributed by atoms with Crippen LogP contribution in [0.2, 0.25) is 16.6 Å². The van der Waals surface area contributed by atoms with E-state index in [1.807, 2.05) is 67.3 Å². The molecule has 0 aliphatic carbocycles. The van der Waals surface area contributed by atoms with Crippen LogP contribution in [-0.4, -0.2) is 107 Å². The molecule has 6 aromatic rings. The molecule has 2 aliphatic rings. The van der Waals surface area contributed by atoms with Gasteiger partial charge >= 0.3 is 7.12 Å². The largest absolute Gasteiger partial charge is 0.493 e. The molecule has 4 aromatic carbocycles. The Hall–Kier alpha value is -5.53. The summed E-state index contributed by atoms with van der Waals surface area (Å²) in [5.74, 6) is -1.82. The number of ether oxygens (including phenoxy) is 2. The summed E-state index contributed by atoms with van der Waals surface area (Å²) >= 11 is 2.24. The molecule has 0 saturated carbocycles. The Bertz CT molecular complexity index is 2910. The summed E-state index contributed by atoms with van der Waals surface area (Å²) in [4.78, 5) is 26.3. The number of hydrogen-bond acceptors (Lipinski definition) is 10. The second-order valence-corrected chi connectivity index (χ2v) is 28.5. The minimum Gasteiger partial charge on any atom is -0.493 e. The van der Waals surface area contributed by atoms with Gasteiger partial charge in [0.1, 0.15) is 34.8 Å². The number of rotatable bonds is 20. The maximum atomic E-state index is 13.6. The molecule has 2 aliphatic heterocycles. The highest BCUT2D eigenvalue weighted by Gasteiger charge is 2.45. The zero-order valence-corrected chi connectivity index (χ0v) is 49.7. The normalized spacial score (nSPS) is 15.8. The zero-order chi connectivity index (χ0) is 58.4. The Labute approximate surface area is 504 Å². The molecule has 0 saturated heterocycles. The number of aromatic nitrogens is 2. The summed E-state index contributed by atoms with van der Waals surface area (Å²) in [6.45, 7) is 17.9. The number of nitrogens with one attached hydrogen (secondary N) is 5. The van der Waals surface area contributed by atoms with Crippen molar-refractivity contribution in [2.45, 2.75) is 156 Å². The van der Waals surface area contributed by atoms with E-state index in [1.54, 1.807) is 0 Å². The number of nitrogens with zero attached hydrogens (tertiary/aromatic N) is 1. The van der Waals surface area contributed by atoms with Gasteiger partial charge in [0.05, 0.1) is 37.5 Å². The molecule has 456 valence electrons. The Morgan fingerprint density at radius 1 is 0.663 bits per heavy atom. The summed E-state index contributed by atoms with van der Waals surface area (Å²) in [6.07, 6.45) is 7.50. The van der Waals surface area contributed by atoms with Crippen LogP contribution in [0.25, 0.3) is 11.1 Å². The fraction of sp³-hybridized carbons (Fsp3) is 0.452. The van der Waals surface area contributed by atoms with Crippen molar-refractivity contribution in [1.82, 2.24) is 30.5 Å². The number of fused-ring (bicyclic) bond motifs is 2. The van der Waals surface area contributed by atoms with Crippen LogP contribution in [0.1, 0.15) is 125 Å². The highest BCUT2D eigenvalue weighted by atomic mass is 127. The molecule has 0 spiro atoms. The molecule has 2 aromatic heterocycles. The quantitative estimate of drug-likeness (QED) is 0.0201. The van der Waals surface area contributed by atoms with Crippen LogP contribution < -0.4 is 36.2 Å². The Morgan fingerprint density at radius 2 is 1.11 bits per heavy atom. The summed E-state index contributed by atoms with van der Waals surface area (Å²) < 4.78 is 69.0. The smallest absolute Gasteiger partial charge is 0.489 e. The number of H-pyrrole nitrogens is 1. The first-order valence-electron chi connectivity index (χ1n) is 27.1. The van der Waals surface area contributed by atoms with Gasteiger partial charge in [-0.3, -0.25) is 9.59 Å².